The second-order valence-electron chi connectivity index (χ2n) is 4.50. The fourth-order valence-electron chi connectivity index (χ4n) is 1.91. The van der Waals surface area contributed by atoms with Crippen molar-refractivity contribution < 1.29 is 0 Å². The van der Waals surface area contributed by atoms with Crippen LogP contribution in [0.3, 0.4) is 0 Å². The molecule has 1 saturated carbocycles. The Bertz CT molecular complexity index is 358. The van der Waals surface area contributed by atoms with Crippen LogP contribution < -0.4 is 16.4 Å². The standard InChI is InChI=1S/C12H19N3/c1-8(9-3-4-9)15(2)10-5-6-11(13)12(14)7-10/h5-9H,3-4,13-14H2,1-2H3. The summed E-state index contributed by atoms with van der Waals surface area (Å²) in [6.07, 6.45) is 2.71. The van der Waals surface area contributed by atoms with E-state index in [-0.39, 0.29) is 0 Å². The van der Waals surface area contributed by atoms with Crippen molar-refractivity contribution in [2.75, 3.05) is 23.4 Å². The van der Waals surface area contributed by atoms with Crippen LogP contribution in [0.15, 0.2) is 18.2 Å². The fourth-order valence-corrected chi connectivity index (χ4v) is 1.91. The number of nitrogens with zero attached hydrogens (tertiary/aromatic N) is 1. The minimum Gasteiger partial charge on any atom is -0.397 e. The third-order valence-corrected chi connectivity index (χ3v) is 3.39. The second-order valence-corrected chi connectivity index (χ2v) is 4.50. The molecule has 82 valence electrons. The molecule has 1 atom stereocenters. The quantitative estimate of drug-likeness (QED) is 0.743. The highest BCUT2D eigenvalue weighted by atomic mass is 15.1. The zero-order valence-electron chi connectivity index (χ0n) is 9.40. The van der Waals surface area contributed by atoms with E-state index in [9.17, 15) is 0 Å². The van der Waals surface area contributed by atoms with E-state index in [2.05, 4.69) is 18.9 Å². The van der Waals surface area contributed by atoms with Gasteiger partial charge in [0.25, 0.3) is 0 Å². The van der Waals surface area contributed by atoms with Gasteiger partial charge in [-0.15, -0.1) is 0 Å². The molecule has 0 spiro atoms. The Balaban J connectivity index is 2.17. The summed E-state index contributed by atoms with van der Waals surface area (Å²) in [5.41, 5.74) is 14.0. The molecule has 3 nitrogen and oxygen atoms in total. The van der Waals surface area contributed by atoms with Gasteiger partial charge in [-0.2, -0.15) is 0 Å². The molecule has 0 amide bonds. The maximum Gasteiger partial charge on any atom is 0.0568 e. The minimum absolute atomic E-state index is 0.591. The number of hydrogen-bond acceptors (Lipinski definition) is 3. The largest absolute Gasteiger partial charge is 0.397 e. The van der Waals surface area contributed by atoms with Crippen molar-refractivity contribution in [1.29, 1.82) is 0 Å². The van der Waals surface area contributed by atoms with Crippen molar-refractivity contribution >= 4 is 17.1 Å². The van der Waals surface area contributed by atoms with E-state index in [1.165, 1.54) is 12.8 Å². The maximum absolute atomic E-state index is 5.80. The van der Waals surface area contributed by atoms with Crippen molar-refractivity contribution in [2.24, 2.45) is 5.92 Å². The van der Waals surface area contributed by atoms with Gasteiger partial charge in [0.1, 0.15) is 0 Å². The Morgan fingerprint density at radius 1 is 1.27 bits per heavy atom. The Kier molecular flexibility index (Phi) is 2.47. The molecule has 1 aliphatic rings. The first-order chi connectivity index (χ1) is 7.09. The summed E-state index contributed by atoms with van der Waals surface area (Å²) in [7, 11) is 2.12. The summed E-state index contributed by atoms with van der Waals surface area (Å²) in [4.78, 5) is 2.29. The van der Waals surface area contributed by atoms with Gasteiger partial charge >= 0.3 is 0 Å². The van der Waals surface area contributed by atoms with Crippen molar-refractivity contribution in [3.05, 3.63) is 18.2 Å². The van der Waals surface area contributed by atoms with E-state index < -0.39 is 0 Å². The molecule has 3 heteroatoms. The van der Waals surface area contributed by atoms with Gasteiger partial charge in [-0.1, -0.05) is 0 Å². The summed E-state index contributed by atoms with van der Waals surface area (Å²) in [5, 5.41) is 0. The predicted molar refractivity (Wildman–Crippen MR) is 65.9 cm³/mol. The van der Waals surface area contributed by atoms with Gasteiger partial charge in [0.15, 0.2) is 0 Å². The maximum atomic E-state index is 5.80. The highest BCUT2D eigenvalue weighted by Crippen LogP contribution is 2.36. The van der Waals surface area contributed by atoms with E-state index in [0.29, 0.717) is 17.4 Å². The molecule has 1 fully saturated rings. The van der Waals surface area contributed by atoms with Gasteiger partial charge in [-0.25, -0.2) is 0 Å². The molecule has 1 aromatic rings. The highest BCUT2D eigenvalue weighted by Gasteiger charge is 2.30. The normalized spacial score (nSPS) is 17.5. The molecular weight excluding hydrogens is 186 g/mol. The van der Waals surface area contributed by atoms with E-state index in [1.807, 2.05) is 18.2 Å². The van der Waals surface area contributed by atoms with Crippen LogP contribution in [0, 0.1) is 5.92 Å². The summed E-state index contributed by atoms with van der Waals surface area (Å²) in [6.45, 7) is 2.27. The van der Waals surface area contributed by atoms with Crippen LogP contribution in [0.5, 0.6) is 0 Å². The lowest BCUT2D eigenvalue weighted by molar-refractivity contribution is 0.609. The molecule has 15 heavy (non-hydrogen) atoms. The average Bonchev–Trinajstić information content (AvgIpc) is 3.03. The number of hydrogen-bond donors (Lipinski definition) is 2. The van der Waals surface area contributed by atoms with Crippen molar-refractivity contribution in [3.63, 3.8) is 0 Å². The molecule has 0 aliphatic heterocycles. The van der Waals surface area contributed by atoms with Crippen LogP contribution in [-0.2, 0) is 0 Å². The van der Waals surface area contributed by atoms with Crippen LogP contribution in [0.25, 0.3) is 0 Å². The SMILES string of the molecule is CC(C1CC1)N(C)c1ccc(N)c(N)c1. The fraction of sp³-hybridized carbons (Fsp3) is 0.500. The first-order valence-corrected chi connectivity index (χ1v) is 5.47. The van der Waals surface area contributed by atoms with E-state index >= 15 is 0 Å². The molecule has 0 radical (unpaired) electrons. The smallest absolute Gasteiger partial charge is 0.0568 e. The van der Waals surface area contributed by atoms with E-state index in [0.717, 1.165) is 11.6 Å². The van der Waals surface area contributed by atoms with Crippen molar-refractivity contribution in [2.45, 2.75) is 25.8 Å². The molecule has 0 saturated heterocycles. The summed E-state index contributed by atoms with van der Waals surface area (Å²) in [6, 6.07) is 6.45. The Labute approximate surface area is 91.1 Å². The molecule has 0 aromatic heterocycles. The van der Waals surface area contributed by atoms with Crippen molar-refractivity contribution in [1.82, 2.24) is 0 Å². The third-order valence-electron chi connectivity index (χ3n) is 3.39. The number of benzene rings is 1. The second kappa shape index (κ2) is 3.65. The summed E-state index contributed by atoms with van der Waals surface area (Å²) < 4.78 is 0. The monoisotopic (exact) mass is 205 g/mol. The molecule has 1 aromatic carbocycles. The third kappa shape index (κ3) is 2.01. The van der Waals surface area contributed by atoms with Crippen LogP contribution in [0.4, 0.5) is 17.1 Å². The van der Waals surface area contributed by atoms with Crippen LogP contribution in [0.1, 0.15) is 19.8 Å². The molecule has 1 unspecified atom stereocenters. The lowest BCUT2D eigenvalue weighted by Crippen LogP contribution is -2.30. The van der Waals surface area contributed by atoms with Crippen LogP contribution >= 0.6 is 0 Å². The number of nitrogen functional groups attached to an aromatic ring is 2. The Morgan fingerprint density at radius 3 is 2.47 bits per heavy atom. The minimum atomic E-state index is 0.591. The summed E-state index contributed by atoms with van der Waals surface area (Å²) in [5.74, 6) is 0.855. The van der Waals surface area contributed by atoms with E-state index in [1.54, 1.807) is 0 Å². The zero-order valence-corrected chi connectivity index (χ0v) is 9.40. The number of rotatable bonds is 3. The van der Waals surface area contributed by atoms with Gasteiger partial charge in [-0.05, 0) is 43.9 Å². The van der Waals surface area contributed by atoms with Crippen molar-refractivity contribution in [3.8, 4) is 0 Å². The van der Waals surface area contributed by atoms with Gasteiger partial charge in [0.05, 0.1) is 11.4 Å². The first-order valence-electron chi connectivity index (χ1n) is 5.47. The zero-order chi connectivity index (χ0) is 11.0. The lowest BCUT2D eigenvalue weighted by atomic mass is 10.1. The molecular formula is C12H19N3. The Hall–Kier alpha value is -1.38. The van der Waals surface area contributed by atoms with Crippen LogP contribution in [0.2, 0.25) is 0 Å². The molecule has 2 rings (SSSR count). The molecule has 4 N–H and O–H groups in total. The van der Waals surface area contributed by atoms with Gasteiger partial charge in [0, 0.05) is 18.8 Å². The molecule has 1 aliphatic carbocycles. The summed E-state index contributed by atoms with van der Waals surface area (Å²) >= 11 is 0. The van der Waals surface area contributed by atoms with Gasteiger partial charge in [-0.3, -0.25) is 0 Å². The van der Waals surface area contributed by atoms with Gasteiger partial charge in [0.2, 0.25) is 0 Å². The van der Waals surface area contributed by atoms with Crippen LogP contribution in [-0.4, -0.2) is 13.1 Å². The van der Waals surface area contributed by atoms with Gasteiger partial charge < -0.3 is 16.4 Å². The van der Waals surface area contributed by atoms with E-state index in [4.69, 9.17) is 11.5 Å². The Morgan fingerprint density at radius 2 is 1.93 bits per heavy atom. The number of nitrogens with two attached hydrogens (primary N) is 2. The number of anilines is 3. The highest BCUT2D eigenvalue weighted by molar-refractivity contribution is 5.69. The molecule has 0 bridgehead atoms. The lowest BCUT2D eigenvalue weighted by Gasteiger charge is -2.27. The first kappa shape index (κ1) is 10.1. The predicted octanol–water partition coefficient (Wildman–Crippen LogP) is 2.09. The topological polar surface area (TPSA) is 55.3 Å². The average molecular weight is 205 g/mol. The molecule has 0 heterocycles.